The average molecular weight is 363 g/mol. The third kappa shape index (κ3) is 3.96. The van der Waals surface area contributed by atoms with Gasteiger partial charge in [-0.05, 0) is 62.1 Å². The van der Waals surface area contributed by atoms with Crippen molar-refractivity contribution < 1.29 is 0 Å². The van der Waals surface area contributed by atoms with Gasteiger partial charge in [0, 0.05) is 33.4 Å². The normalized spacial score (nSPS) is 13.7. The quantitative estimate of drug-likeness (QED) is 0.659. The van der Waals surface area contributed by atoms with Gasteiger partial charge in [-0.2, -0.15) is 4.98 Å². The predicted molar refractivity (Wildman–Crippen MR) is 106 cm³/mol. The molecule has 1 aliphatic rings. The third-order valence-electron chi connectivity index (χ3n) is 4.45. The van der Waals surface area contributed by atoms with E-state index in [9.17, 15) is 0 Å². The molecule has 0 spiro atoms. The molecular formula is C20H21N5S. The molecule has 4 rings (SSSR count). The van der Waals surface area contributed by atoms with Gasteiger partial charge in [0.05, 0.1) is 5.69 Å². The minimum atomic E-state index is 0.345. The lowest BCUT2D eigenvalue weighted by atomic mass is 10.1. The Balaban J connectivity index is 1.53. The van der Waals surface area contributed by atoms with Gasteiger partial charge in [-0.3, -0.25) is 4.98 Å². The zero-order chi connectivity index (χ0) is 17.8. The topological polar surface area (TPSA) is 76.7 Å². The van der Waals surface area contributed by atoms with Crippen LogP contribution in [0.4, 0.5) is 17.5 Å². The van der Waals surface area contributed by atoms with Crippen LogP contribution >= 0.6 is 11.8 Å². The van der Waals surface area contributed by atoms with Crippen molar-refractivity contribution in [3.63, 3.8) is 0 Å². The number of nitrogens with two attached hydrogens (primary N) is 1. The molecular weight excluding hydrogens is 342 g/mol. The predicted octanol–water partition coefficient (Wildman–Crippen LogP) is 4.62. The van der Waals surface area contributed by atoms with E-state index in [2.05, 4.69) is 44.5 Å². The van der Waals surface area contributed by atoms with Crippen LogP contribution in [0.25, 0.3) is 0 Å². The maximum Gasteiger partial charge on any atom is 0.222 e. The van der Waals surface area contributed by atoms with Crippen LogP contribution in [0, 0.1) is 0 Å². The fraction of sp³-hybridized carbons (Fsp3) is 0.250. The molecule has 0 bridgehead atoms. The Bertz CT molecular complexity index is 881. The third-order valence-corrected chi connectivity index (χ3v) is 5.47. The number of rotatable bonds is 4. The summed E-state index contributed by atoms with van der Waals surface area (Å²) in [4.78, 5) is 15.3. The molecule has 0 unspecified atom stereocenters. The number of fused-ring (bicyclic) bond motifs is 1. The van der Waals surface area contributed by atoms with Crippen molar-refractivity contribution in [2.75, 3.05) is 11.1 Å². The van der Waals surface area contributed by atoms with Crippen molar-refractivity contribution in [2.24, 2.45) is 0 Å². The SMILES string of the molecule is Nc1nc2c(c(Nc3ccc(Sc4ccncc4)cc3)n1)CCCCC2. The first-order valence-corrected chi connectivity index (χ1v) is 9.70. The molecule has 0 radical (unpaired) electrons. The highest BCUT2D eigenvalue weighted by Gasteiger charge is 2.16. The van der Waals surface area contributed by atoms with Gasteiger partial charge < -0.3 is 11.1 Å². The fourth-order valence-corrected chi connectivity index (χ4v) is 3.98. The lowest BCUT2D eigenvalue weighted by Crippen LogP contribution is -2.08. The number of anilines is 3. The van der Waals surface area contributed by atoms with E-state index >= 15 is 0 Å². The van der Waals surface area contributed by atoms with Crippen molar-refractivity contribution >= 4 is 29.2 Å². The van der Waals surface area contributed by atoms with Gasteiger partial charge in [-0.1, -0.05) is 18.2 Å². The number of nitrogens with one attached hydrogen (secondary N) is 1. The summed E-state index contributed by atoms with van der Waals surface area (Å²) in [6, 6.07) is 12.4. The molecule has 0 aliphatic heterocycles. The highest BCUT2D eigenvalue weighted by Crippen LogP contribution is 2.30. The maximum atomic E-state index is 5.93. The summed E-state index contributed by atoms with van der Waals surface area (Å²) in [6.07, 6.45) is 9.19. The number of nitrogen functional groups attached to an aromatic ring is 1. The summed E-state index contributed by atoms with van der Waals surface area (Å²) in [5.74, 6) is 1.20. The van der Waals surface area contributed by atoms with Crippen LogP contribution in [0.2, 0.25) is 0 Å². The van der Waals surface area contributed by atoms with E-state index in [-0.39, 0.29) is 0 Å². The van der Waals surface area contributed by atoms with Crippen LogP contribution in [0.5, 0.6) is 0 Å². The molecule has 26 heavy (non-hydrogen) atoms. The number of pyridine rings is 1. The Kier molecular flexibility index (Phi) is 5.02. The van der Waals surface area contributed by atoms with Crippen LogP contribution in [-0.2, 0) is 12.8 Å². The summed E-state index contributed by atoms with van der Waals surface area (Å²) >= 11 is 1.72. The highest BCUT2D eigenvalue weighted by molar-refractivity contribution is 7.99. The van der Waals surface area contributed by atoms with Crippen molar-refractivity contribution in [1.29, 1.82) is 0 Å². The zero-order valence-corrected chi connectivity index (χ0v) is 15.3. The minimum Gasteiger partial charge on any atom is -0.368 e. The molecule has 0 fully saturated rings. The van der Waals surface area contributed by atoms with Crippen molar-refractivity contribution in [3.05, 3.63) is 60.0 Å². The first-order chi connectivity index (χ1) is 12.8. The number of hydrogen-bond acceptors (Lipinski definition) is 6. The van der Waals surface area contributed by atoms with Gasteiger partial charge in [0.25, 0.3) is 0 Å². The molecule has 0 atom stereocenters. The fourth-order valence-electron chi connectivity index (χ4n) is 3.18. The Morgan fingerprint density at radius 2 is 1.58 bits per heavy atom. The van der Waals surface area contributed by atoms with E-state index in [4.69, 9.17) is 5.73 Å². The molecule has 3 N–H and O–H groups in total. The standard InChI is InChI=1S/C20H21N5S/c21-20-24-18-5-3-1-2-4-17(18)19(25-20)23-14-6-8-15(9-7-14)26-16-10-12-22-13-11-16/h6-13H,1-5H2,(H3,21,23,24,25). The molecule has 6 heteroatoms. The minimum absolute atomic E-state index is 0.345. The van der Waals surface area contributed by atoms with Crippen LogP contribution < -0.4 is 11.1 Å². The summed E-state index contributed by atoms with van der Waals surface area (Å²) < 4.78 is 0. The van der Waals surface area contributed by atoms with Crippen LogP contribution in [-0.4, -0.2) is 15.0 Å². The van der Waals surface area contributed by atoms with Crippen LogP contribution in [0.15, 0.2) is 58.6 Å². The Morgan fingerprint density at radius 1 is 0.846 bits per heavy atom. The number of aromatic nitrogens is 3. The lowest BCUT2D eigenvalue weighted by molar-refractivity contribution is 0.709. The molecule has 3 aromatic rings. The summed E-state index contributed by atoms with van der Waals surface area (Å²) in [5.41, 5.74) is 9.25. The van der Waals surface area contributed by atoms with E-state index in [0.29, 0.717) is 5.95 Å². The molecule has 0 saturated carbocycles. The van der Waals surface area contributed by atoms with Gasteiger partial charge in [-0.15, -0.1) is 0 Å². The molecule has 2 heterocycles. The maximum absolute atomic E-state index is 5.93. The average Bonchev–Trinajstić information content (AvgIpc) is 2.90. The van der Waals surface area contributed by atoms with Crippen molar-refractivity contribution in [2.45, 2.75) is 41.9 Å². The van der Waals surface area contributed by atoms with Crippen molar-refractivity contribution in [1.82, 2.24) is 15.0 Å². The summed E-state index contributed by atoms with van der Waals surface area (Å²) in [6.45, 7) is 0. The largest absolute Gasteiger partial charge is 0.368 e. The van der Waals surface area contributed by atoms with E-state index in [1.807, 2.05) is 24.5 Å². The van der Waals surface area contributed by atoms with Crippen LogP contribution in [0.1, 0.15) is 30.5 Å². The Labute approximate surface area is 157 Å². The van der Waals surface area contributed by atoms with Crippen LogP contribution in [0.3, 0.4) is 0 Å². The van der Waals surface area contributed by atoms with Crippen molar-refractivity contribution in [3.8, 4) is 0 Å². The highest BCUT2D eigenvalue weighted by atomic mass is 32.2. The van der Waals surface area contributed by atoms with Gasteiger partial charge in [0.2, 0.25) is 5.95 Å². The number of aryl methyl sites for hydroxylation is 1. The second kappa shape index (κ2) is 7.74. The molecule has 1 aromatic carbocycles. The second-order valence-electron chi connectivity index (χ2n) is 6.35. The number of nitrogens with zero attached hydrogens (tertiary/aromatic N) is 3. The number of benzene rings is 1. The van der Waals surface area contributed by atoms with E-state index in [1.165, 1.54) is 34.6 Å². The molecule has 2 aromatic heterocycles. The summed E-state index contributed by atoms with van der Waals surface area (Å²) in [5, 5.41) is 3.44. The molecule has 0 saturated heterocycles. The van der Waals surface area contributed by atoms with E-state index in [1.54, 1.807) is 11.8 Å². The Hall–Kier alpha value is -2.60. The second-order valence-corrected chi connectivity index (χ2v) is 7.50. The Morgan fingerprint density at radius 3 is 2.38 bits per heavy atom. The monoisotopic (exact) mass is 363 g/mol. The molecule has 132 valence electrons. The smallest absolute Gasteiger partial charge is 0.222 e. The van der Waals surface area contributed by atoms with E-state index in [0.717, 1.165) is 30.0 Å². The summed E-state index contributed by atoms with van der Waals surface area (Å²) in [7, 11) is 0. The molecule has 1 aliphatic carbocycles. The van der Waals surface area contributed by atoms with Gasteiger partial charge in [-0.25, -0.2) is 4.98 Å². The number of hydrogen-bond donors (Lipinski definition) is 2. The van der Waals surface area contributed by atoms with E-state index < -0.39 is 0 Å². The van der Waals surface area contributed by atoms with Gasteiger partial charge in [0.1, 0.15) is 5.82 Å². The zero-order valence-electron chi connectivity index (χ0n) is 14.5. The lowest BCUT2D eigenvalue weighted by Gasteiger charge is -2.14. The van der Waals surface area contributed by atoms with Gasteiger partial charge >= 0.3 is 0 Å². The molecule has 5 nitrogen and oxygen atoms in total. The molecule has 0 amide bonds. The first kappa shape index (κ1) is 16.8. The first-order valence-electron chi connectivity index (χ1n) is 8.88. The van der Waals surface area contributed by atoms with Gasteiger partial charge in [0.15, 0.2) is 0 Å².